The summed E-state index contributed by atoms with van der Waals surface area (Å²) in [6, 6.07) is 9.22. The topological polar surface area (TPSA) is 52.6 Å². The molecule has 2 aromatic carbocycles. The highest BCUT2D eigenvalue weighted by Crippen LogP contribution is 2.49. The lowest BCUT2D eigenvalue weighted by Crippen LogP contribution is -2.21. The lowest BCUT2D eigenvalue weighted by molar-refractivity contribution is -0.135. The van der Waals surface area contributed by atoms with E-state index in [0.29, 0.717) is 28.4 Å². The van der Waals surface area contributed by atoms with Crippen LogP contribution in [0.4, 0.5) is 4.39 Å². The van der Waals surface area contributed by atoms with E-state index >= 15 is 0 Å². The molecule has 1 unspecified atom stereocenters. The summed E-state index contributed by atoms with van der Waals surface area (Å²) in [6.07, 6.45) is 0.108. The highest BCUT2D eigenvalue weighted by molar-refractivity contribution is 6.13. The Morgan fingerprint density at radius 3 is 2.44 bits per heavy atom. The average Bonchev–Trinajstić information content (AvgIpc) is 2.92. The van der Waals surface area contributed by atoms with Crippen molar-refractivity contribution in [1.82, 2.24) is 0 Å². The summed E-state index contributed by atoms with van der Waals surface area (Å²) >= 11 is 0. The Morgan fingerprint density at radius 1 is 1.04 bits per heavy atom. The van der Waals surface area contributed by atoms with Crippen LogP contribution in [0.25, 0.3) is 0 Å². The zero-order valence-corrected chi connectivity index (χ0v) is 13.8. The fraction of sp³-hybridized carbons (Fsp3) is 0.200. The van der Waals surface area contributed by atoms with E-state index in [4.69, 9.17) is 9.47 Å². The van der Waals surface area contributed by atoms with Crippen molar-refractivity contribution in [3.05, 3.63) is 70.2 Å². The number of Topliss-reactive ketones (excluding diaryl/α,β-unsaturated/α-hetero) is 1. The molecule has 0 spiro atoms. The third kappa shape index (κ3) is 2.43. The van der Waals surface area contributed by atoms with Crippen LogP contribution >= 0.6 is 0 Å². The summed E-state index contributed by atoms with van der Waals surface area (Å²) in [5.41, 5.74) is 2.67. The molecule has 0 aliphatic carbocycles. The Labute approximate surface area is 143 Å². The first-order valence-corrected chi connectivity index (χ1v) is 7.98. The van der Waals surface area contributed by atoms with Gasteiger partial charge >= 0.3 is 5.97 Å². The molecule has 0 N–H and O–H groups in total. The molecule has 0 aromatic heterocycles. The largest absolute Gasteiger partial charge is 0.452 e. The monoisotopic (exact) mass is 338 g/mol. The standard InChI is InChI=1S/C20H15FO4/c1-10(2)19-18(23)13-7-8-15-17(20(13)25-19)14(9-16(22)24-15)11-3-5-12(21)6-4-11/h3-8,14H,9H2,1-2H3. The van der Waals surface area contributed by atoms with Gasteiger partial charge in [0.15, 0.2) is 5.76 Å². The minimum absolute atomic E-state index is 0.108. The third-order valence-corrected chi connectivity index (χ3v) is 4.48. The van der Waals surface area contributed by atoms with E-state index in [1.165, 1.54) is 12.1 Å². The van der Waals surface area contributed by atoms with Crippen LogP contribution in [0.3, 0.4) is 0 Å². The summed E-state index contributed by atoms with van der Waals surface area (Å²) in [6.45, 7) is 3.62. The molecule has 2 aromatic rings. The van der Waals surface area contributed by atoms with Gasteiger partial charge in [0.25, 0.3) is 0 Å². The van der Waals surface area contributed by atoms with Gasteiger partial charge in [-0.1, -0.05) is 12.1 Å². The SMILES string of the molecule is CC(C)=C1Oc2c(ccc3c2C(c2ccc(F)cc2)CC(=O)O3)C1=O. The molecule has 2 heterocycles. The maximum Gasteiger partial charge on any atom is 0.312 e. The molecule has 2 aliphatic rings. The zero-order valence-electron chi connectivity index (χ0n) is 13.8. The van der Waals surface area contributed by atoms with Crippen molar-refractivity contribution in [2.45, 2.75) is 26.2 Å². The Kier molecular flexibility index (Phi) is 3.46. The van der Waals surface area contributed by atoms with Gasteiger partial charge in [-0.25, -0.2) is 4.39 Å². The molecule has 0 bridgehead atoms. The molecule has 2 aliphatic heterocycles. The normalized spacial score (nSPS) is 18.4. The number of carbonyl (C=O) groups excluding carboxylic acids is 2. The van der Waals surface area contributed by atoms with Crippen LogP contribution in [0.5, 0.6) is 11.5 Å². The van der Waals surface area contributed by atoms with Crippen LogP contribution < -0.4 is 9.47 Å². The second-order valence-corrected chi connectivity index (χ2v) is 6.40. The Balaban J connectivity index is 1.91. The van der Waals surface area contributed by atoms with Gasteiger partial charge in [0.05, 0.1) is 12.0 Å². The van der Waals surface area contributed by atoms with E-state index in [2.05, 4.69) is 0 Å². The lowest BCUT2D eigenvalue weighted by Gasteiger charge is -2.26. The molecule has 0 amide bonds. The number of ketones is 1. The Hall–Kier alpha value is -2.95. The average molecular weight is 338 g/mol. The number of ether oxygens (including phenoxy) is 2. The molecule has 0 saturated heterocycles. The Morgan fingerprint density at radius 2 is 1.76 bits per heavy atom. The van der Waals surface area contributed by atoms with Gasteiger partial charge in [-0.2, -0.15) is 0 Å². The third-order valence-electron chi connectivity index (χ3n) is 4.48. The number of hydrogen-bond donors (Lipinski definition) is 0. The van der Waals surface area contributed by atoms with Crippen molar-refractivity contribution in [2.75, 3.05) is 0 Å². The summed E-state index contributed by atoms with van der Waals surface area (Å²) in [5.74, 6) is -0.123. The van der Waals surface area contributed by atoms with Crippen molar-refractivity contribution < 1.29 is 23.5 Å². The fourth-order valence-electron chi connectivity index (χ4n) is 3.30. The van der Waals surface area contributed by atoms with E-state index in [0.717, 1.165) is 11.1 Å². The maximum absolute atomic E-state index is 13.3. The van der Waals surface area contributed by atoms with Crippen LogP contribution in [-0.4, -0.2) is 11.8 Å². The molecule has 0 radical (unpaired) electrons. The van der Waals surface area contributed by atoms with Crippen molar-refractivity contribution >= 4 is 11.8 Å². The molecule has 5 heteroatoms. The molecular weight excluding hydrogens is 323 g/mol. The van der Waals surface area contributed by atoms with Crippen LogP contribution in [0.1, 0.15) is 47.7 Å². The molecule has 0 fully saturated rings. The van der Waals surface area contributed by atoms with Gasteiger partial charge in [-0.15, -0.1) is 0 Å². The molecule has 4 nitrogen and oxygen atoms in total. The minimum Gasteiger partial charge on any atom is -0.452 e. The van der Waals surface area contributed by atoms with Crippen LogP contribution in [0, 0.1) is 5.82 Å². The second-order valence-electron chi connectivity index (χ2n) is 6.40. The molecule has 0 saturated carbocycles. The first kappa shape index (κ1) is 15.6. The number of esters is 1. The van der Waals surface area contributed by atoms with Crippen molar-refractivity contribution in [3.8, 4) is 11.5 Å². The quantitative estimate of drug-likeness (QED) is 0.446. The number of rotatable bonds is 1. The van der Waals surface area contributed by atoms with E-state index in [-0.39, 0.29) is 29.9 Å². The lowest BCUT2D eigenvalue weighted by atomic mass is 9.84. The van der Waals surface area contributed by atoms with Crippen LogP contribution in [0.2, 0.25) is 0 Å². The maximum atomic E-state index is 13.3. The van der Waals surface area contributed by atoms with E-state index < -0.39 is 0 Å². The smallest absolute Gasteiger partial charge is 0.312 e. The van der Waals surface area contributed by atoms with E-state index in [1.807, 2.05) is 13.8 Å². The van der Waals surface area contributed by atoms with E-state index in [9.17, 15) is 14.0 Å². The van der Waals surface area contributed by atoms with Gasteiger partial charge in [0.1, 0.15) is 17.3 Å². The van der Waals surface area contributed by atoms with Gasteiger partial charge in [-0.3, -0.25) is 9.59 Å². The molecule has 4 rings (SSSR count). The summed E-state index contributed by atoms with van der Waals surface area (Å²) in [4.78, 5) is 24.5. The highest BCUT2D eigenvalue weighted by Gasteiger charge is 2.38. The second kappa shape index (κ2) is 5.55. The Bertz CT molecular complexity index is 937. The first-order chi connectivity index (χ1) is 12.0. The van der Waals surface area contributed by atoms with E-state index in [1.54, 1.807) is 24.3 Å². The molecular formula is C20H15FO4. The van der Waals surface area contributed by atoms with Crippen LogP contribution in [-0.2, 0) is 4.79 Å². The predicted octanol–water partition coefficient (Wildman–Crippen LogP) is 4.14. The van der Waals surface area contributed by atoms with Gasteiger partial charge in [0, 0.05) is 11.5 Å². The number of allylic oxidation sites excluding steroid dienone is 2. The number of hydrogen-bond acceptors (Lipinski definition) is 4. The van der Waals surface area contributed by atoms with Crippen molar-refractivity contribution in [3.63, 3.8) is 0 Å². The highest BCUT2D eigenvalue weighted by atomic mass is 19.1. The minimum atomic E-state index is -0.367. The molecule has 126 valence electrons. The zero-order chi connectivity index (χ0) is 17.7. The number of carbonyl (C=O) groups is 2. The first-order valence-electron chi connectivity index (χ1n) is 7.98. The van der Waals surface area contributed by atoms with Gasteiger partial charge in [-0.05, 0) is 49.2 Å². The number of benzene rings is 2. The fourth-order valence-corrected chi connectivity index (χ4v) is 3.30. The number of halogens is 1. The predicted molar refractivity (Wildman–Crippen MR) is 88.3 cm³/mol. The van der Waals surface area contributed by atoms with Gasteiger partial charge < -0.3 is 9.47 Å². The summed E-state index contributed by atoms with van der Waals surface area (Å²) in [5, 5.41) is 0. The summed E-state index contributed by atoms with van der Waals surface area (Å²) < 4.78 is 24.5. The number of fused-ring (bicyclic) bond motifs is 3. The van der Waals surface area contributed by atoms with Crippen LogP contribution in [0.15, 0.2) is 47.7 Å². The summed E-state index contributed by atoms with van der Waals surface area (Å²) in [7, 11) is 0. The van der Waals surface area contributed by atoms with Crippen molar-refractivity contribution in [2.24, 2.45) is 0 Å². The molecule has 25 heavy (non-hydrogen) atoms. The van der Waals surface area contributed by atoms with Gasteiger partial charge in [0.2, 0.25) is 5.78 Å². The van der Waals surface area contributed by atoms with Crippen molar-refractivity contribution in [1.29, 1.82) is 0 Å². The molecule has 1 atom stereocenters.